The van der Waals surface area contributed by atoms with Gasteiger partial charge >= 0.3 is 0 Å². The Morgan fingerprint density at radius 1 is 1.13 bits per heavy atom. The van der Waals surface area contributed by atoms with Crippen molar-refractivity contribution in [3.8, 4) is 11.5 Å². The van der Waals surface area contributed by atoms with Gasteiger partial charge in [0, 0.05) is 37.2 Å². The minimum absolute atomic E-state index is 0.00808. The number of hydrogen-bond acceptors (Lipinski definition) is 4. The summed E-state index contributed by atoms with van der Waals surface area (Å²) in [6, 6.07) is 4.88. The van der Waals surface area contributed by atoms with Crippen LogP contribution in [0.3, 0.4) is 0 Å². The molecule has 6 heteroatoms. The molecule has 0 aliphatic carbocycles. The number of benzene rings is 1. The van der Waals surface area contributed by atoms with Crippen LogP contribution in [0.4, 0.5) is 5.69 Å². The van der Waals surface area contributed by atoms with E-state index >= 15 is 0 Å². The van der Waals surface area contributed by atoms with Crippen LogP contribution in [-0.4, -0.2) is 50.1 Å². The largest absolute Gasteiger partial charge is 0.497 e. The van der Waals surface area contributed by atoms with Crippen LogP contribution >= 0.6 is 0 Å². The molecule has 1 aromatic carbocycles. The third-order valence-corrected chi connectivity index (χ3v) is 4.08. The van der Waals surface area contributed by atoms with Crippen LogP contribution in [0.15, 0.2) is 18.2 Å². The molecule has 6 nitrogen and oxygen atoms in total. The van der Waals surface area contributed by atoms with Gasteiger partial charge in [0.2, 0.25) is 11.8 Å². The second-order valence-electron chi connectivity index (χ2n) is 5.92. The maximum absolute atomic E-state index is 12.7. The van der Waals surface area contributed by atoms with Gasteiger partial charge < -0.3 is 19.3 Å². The highest BCUT2D eigenvalue weighted by Crippen LogP contribution is 2.30. The van der Waals surface area contributed by atoms with Crippen molar-refractivity contribution in [1.29, 1.82) is 0 Å². The first-order chi connectivity index (χ1) is 10.9. The lowest BCUT2D eigenvalue weighted by atomic mass is 10.1. The Labute approximate surface area is 137 Å². The van der Waals surface area contributed by atoms with Crippen molar-refractivity contribution in [2.24, 2.45) is 5.92 Å². The molecule has 1 aromatic rings. The zero-order valence-electron chi connectivity index (χ0n) is 14.3. The zero-order chi connectivity index (χ0) is 17.1. The van der Waals surface area contributed by atoms with Crippen LogP contribution in [0.5, 0.6) is 11.5 Å². The Bertz CT molecular complexity index is 578. The third kappa shape index (κ3) is 3.41. The lowest BCUT2D eigenvalue weighted by Gasteiger charge is -2.40. The summed E-state index contributed by atoms with van der Waals surface area (Å²) in [7, 11) is 3.14. The van der Waals surface area contributed by atoms with Gasteiger partial charge in [-0.3, -0.25) is 9.59 Å². The van der Waals surface area contributed by atoms with Crippen LogP contribution in [0.25, 0.3) is 0 Å². The van der Waals surface area contributed by atoms with Gasteiger partial charge in [-0.15, -0.1) is 0 Å². The fraction of sp³-hybridized carbons (Fsp3) is 0.529. The third-order valence-electron chi connectivity index (χ3n) is 4.08. The van der Waals surface area contributed by atoms with E-state index < -0.39 is 6.04 Å². The number of anilines is 1. The number of ether oxygens (including phenoxy) is 2. The number of rotatable bonds is 4. The molecule has 1 atom stereocenters. The Kier molecular flexibility index (Phi) is 5.13. The molecule has 1 aliphatic rings. The predicted molar refractivity (Wildman–Crippen MR) is 87.9 cm³/mol. The van der Waals surface area contributed by atoms with Crippen molar-refractivity contribution in [2.45, 2.75) is 26.8 Å². The molecule has 2 rings (SSSR count). The van der Waals surface area contributed by atoms with Crippen molar-refractivity contribution in [3.05, 3.63) is 18.2 Å². The highest BCUT2D eigenvalue weighted by Gasteiger charge is 2.35. The zero-order valence-corrected chi connectivity index (χ0v) is 14.3. The van der Waals surface area contributed by atoms with Crippen molar-refractivity contribution < 1.29 is 19.1 Å². The maximum atomic E-state index is 12.7. The van der Waals surface area contributed by atoms with Gasteiger partial charge in [0.15, 0.2) is 0 Å². The Hall–Kier alpha value is -2.24. The fourth-order valence-corrected chi connectivity index (χ4v) is 2.71. The minimum Gasteiger partial charge on any atom is -0.497 e. The van der Waals surface area contributed by atoms with Crippen LogP contribution in [0, 0.1) is 5.92 Å². The van der Waals surface area contributed by atoms with Crippen LogP contribution in [0.1, 0.15) is 20.8 Å². The summed E-state index contributed by atoms with van der Waals surface area (Å²) in [6.45, 7) is 6.44. The quantitative estimate of drug-likeness (QED) is 0.850. The molecule has 126 valence electrons. The molecule has 23 heavy (non-hydrogen) atoms. The van der Waals surface area contributed by atoms with Crippen LogP contribution < -0.4 is 14.4 Å². The summed E-state index contributed by atoms with van der Waals surface area (Å²) >= 11 is 0. The number of nitrogens with zero attached hydrogens (tertiary/aromatic N) is 2. The first-order valence-corrected chi connectivity index (χ1v) is 7.74. The van der Waals surface area contributed by atoms with Crippen molar-refractivity contribution >= 4 is 17.5 Å². The first-order valence-electron chi connectivity index (χ1n) is 7.74. The Balaban J connectivity index is 2.27. The topological polar surface area (TPSA) is 59.1 Å². The smallest absolute Gasteiger partial charge is 0.249 e. The number of piperazine rings is 1. The minimum atomic E-state index is -0.476. The lowest BCUT2D eigenvalue weighted by Crippen LogP contribution is -2.58. The average Bonchev–Trinajstić information content (AvgIpc) is 2.55. The van der Waals surface area contributed by atoms with E-state index in [9.17, 15) is 9.59 Å². The summed E-state index contributed by atoms with van der Waals surface area (Å²) < 4.78 is 10.5. The van der Waals surface area contributed by atoms with E-state index in [0.717, 1.165) is 5.69 Å². The van der Waals surface area contributed by atoms with Gasteiger partial charge in [-0.2, -0.15) is 0 Å². The number of amides is 2. The predicted octanol–water partition coefficient (Wildman–Crippen LogP) is 1.92. The summed E-state index contributed by atoms with van der Waals surface area (Å²) in [5.41, 5.74) is 0.717. The van der Waals surface area contributed by atoms with Gasteiger partial charge in [0.05, 0.1) is 19.9 Å². The monoisotopic (exact) mass is 320 g/mol. The SMILES string of the molecule is COc1cc(OC)cc(N2CCN(C(=O)C(C)C)[C@@H](C)C2=O)c1. The van der Waals surface area contributed by atoms with Crippen molar-refractivity contribution in [2.75, 3.05) is 32.2 Å². The van der Waals surface area contributed by atoms with E-state index in [-0.39, 0.29) is 17.7 Å². The fourth-order valence-electron chi connectivity index (χ4n) is 2.71. The van der Waals surface area contributed by atoms with E-state index in [1.165, 1.54) is 0 Å². The van der Waals surface area contributed by atoms with Gasteiger partial charge in [-0.25, -0.2) is 0 Å². The molecule has 1 aliphatic heterocycles. The molecular weight excluding hydrogens is 296 g/mol. The molecule has 0 unspecified atom stereocenters. The molecule has 0 saturated carbocycles. The highest BCUT2D eigenvalue weighted by atomic mass is 16.5. The van der Waals surface area contributed by atoms with Gasteiger partial charge in [0.25, 0.3) is 0 Å². The molecule has 1 heterocycles. The summed E-state index contributed by atoms with van der Waals surface area (Å²) in [5.74, 6) is 1.05. The van der Waals surface area contributed by atoms with Crippen LogP contribution in [-0.2, 0) is 9.59 Å². The Morgan fingerprint density at radius 2 is 1.70 bits per heavy atom. The van der Waals surface area contributed by atoms with Crippen molar-refractivity contribution in [1.82, 2.24) is 4.90 Å². The number of carbonyl (C=O) groups excluding carboxylic acids is 2. The first kappa shape index (κ1) is 17.1. The van der Waals surface area contributed by atoms with E-state index in [4.69, 9.17) is 9.47 Å². The second kappa shape index (κ2) is 6.89. The number of methoxy groups -OCH3 is 2. The molecule has 2 amide bonds. The average molecular weight is 320 g/mol. The number of carbonyl (C=O) groups is 2. The molecule has 0 bridgehead atoms. The molecule has 1 saturated heterocycles. The number of hydrogen-bond donors (Lipinski definition) is 0. The van der Waals surface area contributed by atoms with E-state index in [1.807, 2.05) is 13.8 Å². The molecule has 0 radical (unpaired) electrons. The molecule has 1 fully saturated rings. The van der Waals surface area contributed by atoms with Gasteiger partial charge in [0.1, 0.15) is 17.5 Å². The highest BCUT2D eigenvalue weighted by molar-refractivity contribution is 6.00. The summed E-state index contributed by atoms with van der Waals surface area (Å²) in [5, 5.41) is 0. The summed E-state index contributed by atoms with van der Waals surface area (Å²) in [4.78, 5) is 28.3. The standard InChI is InChI=1S/C17H24N2O4/c1-11(2)16(20)18-6-7-19(17(21)12(18)3)13-8-14(22-4)10-15(9-13)23-5/h8-12H,6-7H2,1-5H3/t12-/m0/s1. The van der Waals surface area contributed by atoms with E-state index in [2.05, 4.69) is 0 Å². The molecule has 0 spiro atoms. The second-order valence-corrected chi connectivity index (χ2v) is 5.92. The lowest BCUT2D eigenvalue weighted by molar-refractivity contribution is -0.143. The van der Waals surface area contributed by atoms with Gasteiger partial charge in [-0.05, 0) is 6.92 Å². The molecule has 0 N–H and O–H groups in total. The van der Waals surface area contributed by atoms with E-state index in [1.54, 1.807) is 49.1 Å². The Morgan fingerprint density at radius 3 is 2.17 bits per heavy atom. The molecular formula is C17H24N2O4. The maximum Gasteiger partial charge on any atom is 0.249 e. The van der Waals surface area contributed by atoms with Gasteiger partial charge in [-0.1, -0.05) is 13.8 Å². The van der Waals surface area contributed by atoms with Crippen molar-refractivity contribution in [3.63, 3.8) is 0 Å². The normalized spacial score (nSPS) is 18.3. The summed E-state index contributed by atoms with van der Waals surface area (Å²) in [6.07, 6.45) is 0. The van der Waals surface area contributed by atoms with E-state index in [0.29, 0.717) is 24.6 Å². The van der Waals surface area contributed by atoms with Crippen LogP contribution in [0.2, 0.25) is 0 Å². The molecule has 0 aromatic heterocycles.